The van der Waals surface area contributed by atoms with Crippen LogP contribution in [-0.4, -0.2) is 31.6 Å². The van der Waals surface area contributed by atoms with Gasteiger partial charge in [0.05, 0.1) is 12.6 Å². The Morgan fingerprint density at radius 2 is 1.71 bits per heavy atom. The molecule has 3 heteroatoms. The largest absolute Gasteiger partial charge is 0.497 e. The molecule has 0 amide bonds. The fourth-order valence-electron chi connectivity index (χ4n) is 1.97. The van der Waals surface area contributed by atoms with Crippen LogP contribution in [0.15, 0.2) is 24.3 Å². The van der Waals surface area contributed by atoms with Crippen LogP contribution in [0.1, 0.15) is 26.3 Å². The van der Waals surface area contributed by atoms with Gasteiger partial charge in [-0.05, 0) is 37.7 Å². The molecule has 1 aromatic carbocycles. The van der Waals surface area contributed by atoms with Gasteiger partial charge in [-0.15, -0.1) is 0 Å². The van der Waals surface area contributed by atoms with Crippen LogP contribution in [0, 0.1) is 0 Å². The van der Waals surface area contributed by atoms with Crippen molar-refractivity contribution in [1.82, 2.24) is 4.90 Å². The van der Waals surface area contributed by atoms with Gasteiger partial charge in [0.15, 0.2) is 0 Å². The lowest BCUT2D eigenvalue weighted by Gasteiger charge is -2.31. The third-order valence-electron chi connectivity index (χ3n) is 3.20. The molecular formula is C14H24N2O. The molecule has 3 nitrogen and oxygen atoms in total. The Morgan fingerprint density at radius 3 is 2.12 bits per heavy atom. The molecular weight excluding hydrogens is 212 g/mol. The van der Waals surface area contributed by atoms with Gasteiger partial charge in [0.1, 0.15) is 5.75 Å². The molecule has 1 unspecified atom stereocenters. The van der Waals surface area contributed by atoms with E-state index in [-0.39, 0.29) is 5.54 Å². The molecule has 0 saturated carbocycles. The first kappa shape index (κ1) is 14.0. The number of rotatable bonds is 6. The molecule has 17 heavy (non-hydrogen) atoms. The molecule has 0 aliphatic carbocycles. The van der Waals surface area contributed by atoms with Crippen LogP contribution in [0.25, 0.3) is 0 Å². The standard InChI is InChI=1S/C14H24N2O/c1-5-16(6-2)11-14(3,15)12-7-9-13(17-4)10-8-12/h7-10H,5-6,11,15H2,1-4H3. The molecule has 0 aromatic heterocycles. The van der Waals surface area contributed by atoms with Gasteiger partial charge >= 0.3 is 0 Å². The molecule has 0 radical (unpaired) electrons. The molecule has 0 saturated heterocycles. The average molecular weight is 236 g/mol. The molecule has 1 aromatic rings. The highest BCUT2D eigenvalue weighted by atomic mass is 16.5. The van der Waals surface area contributed by atoms with Gasteiger partial charge < -0.3 is 15.4 Å². The van der Waals surface area contributed by atoms with Crippen LogP contribution < -0.4 is 10.5 Å². The average Bonchev–Trinajstić information content (AvgIpc) is 2.36. The van der Waals surface area contributed by atoms with Crippen molar-refractivity contribution in [3.8, 4) is 5.75 Å². The first-order valence-corrected chi connectivity index (χ1v) is 6.19. The smallest absolute Gasteiger partial charge is 0.118 e. The summed E-state index contributed by atoms with van der Waals surface area (Å²) in [4.78, 5) is 2.34. The van der Waals surface area contributed by atoms with E-state index in [1.165, 1.54) is 0 Å². The van der Waals surface area contributed by atoms with E-state index in [4.69, 9.17) is 10.5 Å². The van der Waals surface area contributed by atoms with Crippen molar-refractivity contribution < 1.29 is 4.74 Å². The van der Waals surface area contributed by atoms with E-state index in [2.05, 4.69) is 25.7 Å². The first-order valence-electron chi connectivity index (χ1n) is 6.19. The second-order valence-corrected chi connectivity index (χ2v) is 4.61. The lowest BCUT2D eigenvalue weighted by atomic mass is 9.92. The van der Waals surface area contributed by atoms with Crippen molar-refractivity contribution >= 4 is 0 Å². The van der Waals surface area contributed by atoms with Crippen LogP contribution in [0.2, 0.25) is 0 Å². The zero-order valence-electron chi connectivity index (χ0n) is 11.4. The molecule has 1 atom stereocenters. The molecule has 0 spiro atoms. The molecule has 0 heterocycles. The van der Waals surface area contributed by atoms with E-state index in [1.807, 2.05) is 24.3 Å². The molecule has 1 rings (SSSR count). The van der Waals surface area contributed by atoms with E-state index < -0.39 is 0 Å². The molecule has 0 fully saturated rings. The van der Waals surface area contributed by atoms with Crippen LogP contribution in [0.5, 0.6) is 5.75 Å². The van der Waals surface area contributed by atoms with Crippen LogP contribution in [0.4, 0.5) is 0 Å². The molecule has 0 bridgehead atoms. The van der Waals surface area contributed by atoms with Crippen molar-refractivity contribution in [1.29, 1.82) is 0 Å². The van der Waals surface area contributed by atoms with Crippen molar-refractivity contribution in [3.05, 3.63) is 29.8 Å². The minimum Gasteiger partial charge on any atom is -0.497 e. The second-order valence-electron chi connectivity index (χ2n) is 4.61. The van der Waals surface area contributed by atoms with E-state index in [0.29, 0.717) is 0 Å². The maximum absolute atomic E-state index is 6.40. The van der Waals surface area contributed by atoms with Gasteiger partial charge in [0, 0.05) is 6.54 Å². The number of benzene rings is 1. The number of nitrogens with zero attached hydrogens (tertiary/aromatic N) is 1. The highest BCUT2D eigenvalue weighted by molar-refractivity contribution is 5.31. The third-order valence-corrected chi connectivity index (χ3v) is 3.20. The molecule has 2 N–H and O–H groups in total. The fourth-order valence-corrected chi connectivity index (χ4v) is 1.97. The quantitative estimate of drug-likeness (QED) is 0.823. The number of hydrogen-bond donors (Lipinski definition) is 1. The summed E-state index contributed by atoms with van der Waals surface area (Å²) in [6, 6.07) is 8.01. The topological polar surface area (TPSA) is 38.5 Å². The lowest BCUT2D eigenvalue weighted by Crippen LogP contribution is -2.45. The number of likely N-dealkylation sites (N-methyl/N-ethyl adjacent to an activating group) is 1. The van der Waals surface area contributed by atoms with Crippen LogP contribution in [0.3, 0.4) is 0 Å². The maximum atomic E-state index is 6.40. The van der Waals surface area contributed by atoms with Crippen molar-refractivity contribution in [2.45, 2.75) is 26.3 Å². The van der Waals surface area contributed by atoms with Gasteiger partial charge in [-0.3, -0.25) is 0 Å². The summed E-state index contributed by atoms with van der Waals surface area (Å²) in [7, 11) is 1.67. The van der Waals surface area contributed by atoms with Gasteiger partial charge in [-0.1, -0.05) is 26.0 Å². The van der Waals surface area contributed by atoms with Crippen molar-refractivity contribution in [2.75, 3.05) is 26.7 Å². The van der Waals surface area contributed by atoms with Gasteiger partial charge in [-0.25, -0.2) is 0 Å². The monoisotopic (exact) mass is 236 g/mol. The summed E-state index contributed by atoms with van der Waals surface area (Å²) in [6.45, 7) is 9.32. The summed E-state index contributed by atoms with van der Waals surface area (Å²) in [5, 5.41) is 0. The number of nitrogens with two attached hydrogens (primary N) is 1. The Labute approximate surface area is 105 Å². The van der Waals surface area contributed by atoms with E-state index in [1.54, 1.807) is 7.11 Å². The summed E-state index contributed by atoms with van der Waals surface area (Å²) in [5.74, 6) is 0.868. The van der Waals surface area contributed by atoms with Gasteiger partial charge in [0.25, 0.3) is 0 Å². The number of ether oxygens (including phenoxy) is 1. The van der Waals surface area contributed by atoms with E-state index in [9.17, 15) is 0 Å². The van der Waals surface area contributed by atoms with E-state index >= 15 is 0 Å². The summed E-state index contributed by atoms with van der Waals surface area (Å²) in [5.41, 5.74) is 7.22. The predicted octanol–water partition coefficient (Wildman–Crippen LogP) is 2.21. The zero-order valence-corrected chi connectivity index (χ0v) is 11.4. The van der Waals surface area contributed by atoms with Crippen molar-refractivity contribution in [2.24, 2.45) is 5.73 Å². The minimum atomic E-state index is -0.321. The van der Waals surface area contributed by atoms with Gasteiger partial charge in [-0.2, -0.15) is 0 Å². The Bertz CT molecular complexity index is 329. The maximum Gasteiger partial charge on any atom is 0.118 e. The van der Waals surface area contributed by atoms with Crippen molar-refractivity contribution in [3.63, 3.8) is 0 Å². The molecule has 0 aliphatic rings. The third kappa shape index (κ3) is 3.72. The normalized spacial score (nSPS) is 14.7. The van der Waals surface area contributed by atoms with Crippen LogP contribution in [-0.2, 0) is 5.54 Å². The highest BCUT2D eigenvalue weighted by Crippen LogP contribution is 2.21. The Kier molecular flexibility index (Phi) is 4.97. The SMILES string of the molecule is CCN(CC)CC(C)(N)c1ccc(OC)cc1. The molecule has 96 valence electrons. The molecule has 0 aliphatic heterocycles. The number of methoxy groups -OCH3 is 1. The Hall–Kier alpha value is -1.06. The van der Waals surface area contributed by atoms with Crippen LogP contribution >= 0.6 is 0 Å². The van der Waals surface area contributed by atoms with E-state index in [0.717, 1.165) is 30.9 Å². The summed E-state index contributed by atoms with van der Waals surface area (Å²) < 4.78 is 5.15. The predicted molar refractivity (Wildman–Crippen MR) is 72.3 cm³/mol. The lowest BCUT2D eigenvalue weighted by molar-refractivity contribution is 0.237. The number of hydrogen-bond acceptors (Lipinski definition) is 3. The first-order chi connectivity index (χ1) is 8.03. The Morgan fingerprint density at radius 1 is 1.18 bits per heavy atom. The second kappa shape index (κ2) is 6.03. The summed E-state index contributed by atoms with van der Waals surface area (Å²) in [6.07, 6.45) is 0. The fraction of sp³-hybridized carbons (Fsp3) is 0.571. The zero-order chi connectivity index (χ0) is 12.9. The summed E-state index contributed by atoms with van der Waals surface area (Å²) >= 11 is 0. The van der Waals surface area contributed by atoms with Gasteiger partial charge in [0.2, 0.25) is 0 Å². The highest BCUT2D eigenvalue weighted by Gasteiger charge is 2.23. The minimum absolute atomic E-state index is 0.321. The Balaban J connectivity index is 2.80.